The molecule has 1 aliphatic heterocycles. The number of thiazole rings is 1. The molecular formula is C20H12N2O4S2. The lowest BCUT2D eigenvalue weighted by atomic mass is 10.0. The molecule has 6 nitrogen and oxygen atoms in total. The average molecular weight is 408 g/mol. The van der Waals surface area contributed by atoms with Gasteiger partial charge in [-0.1, -0.05) is 29.5 Å². The first-order valence-electron chi connectivity index (χ1n) is 8.39. The number of carbonyl (C=O) groups is 2. The first kappa shape index (κ1) is 16.9. The number of amides is 1. The van der Waals surface area contributed by atoms with Gasteiger partial charge in [0, 0.05) is 0 Å². The summed E-state index contributed by atoms with van der Waals surface area (Å²) < 4.78 is 6.43. The van der Waals surface area contributed by atoms with Crippen LogP contribution in [-0.4, -0.2) is 21.8 Å². The number of furan rings is 1. The largest absolute Gasteiger partial charge is 0.503 e. The molecule has 1 aliphatic rings. The van der Waals surface area contributed by atoms with E-state index in [2.05, 4.69) is 4.98 Å². The van der Waals surface area contributed by atoms with Gasteiger partial charge in [0.05, 0.1) is 26.9 Å². The van der Waals surface area contributed by atoms with E-state index >= 15 is 0 Å². The molecule has 5 rings (SSSR count). The van der Waals surface area contributed by atoms with E-state index in [0.717, 1.165) is 10.2 Å². The normalized spacial score (nSPS) is 17.1. The molecule has 0 bridgehead atoms. The van der Waals surface area contributed by atoms with Crippen molar-refractivity contribution in [3.8, 4) is 0 Å². The summed E-state index contributed by atoms with van der Waals surface area (Å²) in [5, 5.41) is 12.8. The number of Topliss-reactive ketones (excluding diaryl/α,β-unsaturated/α-hetero) is 1. The number of carbonyl (C=O) groups excluding carboxylic acids is 2. The summed E-state index contributed by atoms with van der Waals surface area (Å²) in [4.78, 5) is 32.3. The summed E-state index contributed by atoms with van der Waals surface area (Å²) in [5.74, 6) is -1.25. The molecule has 1 aromatic carbocycles. The number of fused-ring (bicyclic) bond motifs is 1. The Morgan fingerprint density at radius 1 is 1.14 bits per heavy atom. The van der Waals surface area contributed by atoms with Crippen LogP contribution in [-0.2, 0) is 4.79 Å². The van der Waals surface area contributed by atoms with E-state index in [4.69, 9.17) is 4.42 Å². The number of hydrogen-bond donors (Lipinski definition) is 1. The Bertz CT molecular complexity index is 1190. The summed E-state index contributed by atoms with van der Waals surface area (Å²) in [5.41, 5.74) is 0.743. The summed E-state index contributed by atoms with van der Waals surface area (Å²) in [7, 11) is 0. The fraction of sp³-hybridized carbons (Fsp3) is 0.0500. The molecule has 0 aliphatic carbocycles. The Morgan fingerprint density at radius 2 is 2.00 bits per heavy atom. The molecule has 4 heterocycles. The third-order valence-corrected chi connectivity index (χ3v) is 6.40. The van der Waals surface area contributed by atoms with Crippen LogP contribution in [0.15, 0.2) is 75.9 Å². The van der Waals surface area contributed by atoms with Crippen LogP contribution in [0.1, 0.15) is 21.5 Å². The van der Waals surface area contributed by atoms with Gasteiger partial charge in [-0.3, -0.25) is 14.5 Å². The Hall–Kier alpha value is -3.23. The number of ketones is 1. The Balaban J connectivity index is 1.67. The highest BCUT2D eigenvalue weighted by Crippen LogP contribution is 2.44. The molecule has 1 unspecified atom stereocenters. The van der Waals surface area contributed by atoms with Crippen molar-refractivity contribution in [1.29, 1.82) is 0 Å². The topological polar surface area (TPSA) is 83.6 Å². The number of thiophene rings is 1. The number of nitrogens with zero attached hydrogens (tertiary/aromatic N) is 2. The molecule has 0 fully saturated rings. The molecule has 138 valence electrons. The first-order valence-corrected chi connectivity index (χ1v) is 10.1. The van der Waals surface area contributed by atoms with Gasteiger partial charge in [0.15, 0.2) is 10.9 Å². The maximum absolute atomic E-state index is 13.1. The summed E-state index contributed by atoms with van der Waals surface area (Å²) in [6, 6.07) is 13.4. The zero-order valence-corrected chi connectivity index (χ0v) is 15.9. The monoisotopic (exact) mass is 408 g/mol. The number of benzene rings is 1. The smallest absolute Gasteiger partial charge is 0.296 e. The van der Waals surface area contributed by atoms with Gasteiger partial charge in [-0.2, -0.15) is 0 Å². The fourth-order valence-corrected chi connectivity index (χ4v) is 4.92. The molecule has 0 saturated carbocycles. The second kappa shape index (κ2) is 6.43. The molecule has 1 N–H and O–H groups in total. The average Bonchev–Trinajstić information content (AvgIpc) is 3.49. The second-order valence-corrected chi connectivity index (χ2v) is 8.08. The van der Waals surface area contributed by atoms with Gasteiger partial charge < -0.3 is 9.52 Å². The number of aromatic nitrogens is 1. The molecule has 0 radical (unpaired) electrons. The summed E-state index contributed by atoms with van der Waals surface area (Å²) in [6.07, 6.45) is 1.47. The van der Waals surface area contributed by atoms with Crippen LogP contribution in [0.2, 0.25) is 0 Å². The van der Waals surface area contributed by atoms with Crippen molar-refractivity contribution < 1.29 is 19.1 Å². The number of hydrogen-bond acceptors (Lipinski definition) is 7. The highest BCUT2D eigenvalue weighted by atomic mass is 32.1. The minimum atomic E-state index is -0.877. The van der Waals surface area contributed by atoms with E-state index in [9.17, 15) is 14.7 Å². The molecule has 4 aromatic rings. The lowest BCUT2D eigenvalue weighted by Gasteiger charge is -2.21. The molecule has 1 atom stereocenters. The van der Waals surface area contributed by atoms with Crippen molar-refractivity contribution in [2.75, 3.05) is 4.90 Å². The molecule has 3 aromatic heterocycles. The highest BCUT2D eigenvalue weighted by Gasteiger charge is 2.47. The van der Waals surface area contributed by atoms with E-state index in [1.165, 1.54) is 33.8 Å². The van der Waals surface area contributed by atoms with Crippen molar-refractivity contribution in [2.45, 2.75) is 6.04 Å². The van der Waals surface area contributed by atoms with Gasteiger partial charge in [0.1, 0.15) is 11.8 Å². The SMILES string of the molecule is O=C(C1=C(O)C(=O)N(c2nc3ccccc3s2)C1c1ccco1)c1cccs1. The van der Waals surface area contributed by atoms with Crippen LogP contribution in [0.4, 0.5) is 5.13 Å². The highest BCUT2D eigenvalue weighted by molar-refractivity contribution is 7.22. The van der Waals surface area contributed by atoms with Crippen molar-refractivity contribution in [3.63, 3.8) is 0 Å². The Morgan fingerprint density at radius 3 is 2.71 bits per heavy atom. The minimum Gasteiger partial charge on any atom is -0.503 e. The number of aliphatic hydroxyl groups is 1. The molecule has 28 heavy (non-hydrogen) atoms. The van der Waals surface area contributed by atoms with Gasteiger partial charge in [-0.05, 0) is 35.7 Å². The molecule has 0 spiro atoms. The predicted octanol–water partition coefficient (Wildman–Crippen LogP) is 4.73. The second-order valence-electron chi connectivity index (χ2n) is 6.13. The summed E-state index contributed by atoms with van der Waals surface area (Å²) >= 11 is 2.57. The standard InChI is InChI=1S/C20H12N2O4S2/c23-17(14-8-4-10-27-14)15-16(12-6-3-9-26-12)22(19(25)18(15)24)20-21-11-5-1-2-7-13(11)28-20/h1-10,16,24H. The lowest BCUT2D eigenvalue weighted by molar-refractivity contribution is -0.117. The first-order chi connectivity index (χ1) is 13.6. The van der Waals surface area contributed by atoms with Crippen LogP contribution < -0.4 is 4.90 Å². The number of aliphatic hydroxyl groups excluding tert-OH is 1. The van der Waals surface area contributed by atoms with Crippen LogP contribution in [0.3, 0.4) is 0 Å². The van der Waals surface area contributed by atoms with Crippen LogP contribution >= 0.6 is 22.7 Å². The zero-order valence-electron chi connectivity index (χ0n) is 14.2. The number of para-hydroxylation sites is 1. The van der Waals surface area contributed by atoms with Crippen molar-refractivity contribution in [1.82, 2.24) is 4.98 Å². The molecule has 1 amide bonds. The van der Waals surface area contributed by atoms with Crippen molar-refractivity contribution in [3.05, 3.63) is 82.1 Å². The predicted molar refractivity (Wildman–Crippen MR) is 107 cm³/mol. The third kappa shape index (κ3) is 2.49. The van der Waals surface area contributed by atoms with E-state index < -0.39 is 23.5 Å². The fourth-order valence-electron chi connectivity index (χ4n) is 3.25. The summed E-state index contributed by atoms with van der Waals surface area (Å²) in [6.45, 7) is 0. The van der Waals surface area contributed by atoms with Gasteiger partial charge in [-0.15, -0.1) is 11.3 Å². The molecule has 8 heteroatoms. The lowest BCUT2D eigenvalue weighted by Crippen LogP contribution is -2.30. The van der Waals surface area contributed by atoms with Crippen LogP contribution in [0, 0.1) is 0 Å². The van der Waals surface area contributed by atoms with E-state index in [0.29, 0.717) is 15.8 Å². The van der Waals surface area contributed by atoms with Gasteiger partial charge in [0.25, 0.3) is 5.91 Å². The van der Waals surface area contributed by atoms with Gasteiger partial charge in [-0.25, -0.2) is 4.98 Å². The quantitative estimate of drug-likeness (QED) is 0.494. The Labute approximate surface area is 167 Å². The molecular weight excluding hydrogens is 396 g/mol. The Kier molecular flexibility index (Phi) is 3.88. The van der Waals surface area contributed by atoms with E-state index in [1.807, 2.05) is 24.3 Å². The minimum absolute atomic E-state index is 0.00153. The van der Waals surface area contributed by atoms with Crippen LogP contribution in [0.25, 0.3) is 10.2 Å². The van der Waals surface area contributed by atoms with Gasteiger partial charge in [0.2, 0.25) is 5.78 Å². The van der Waals surface area contributed by atoms with E-state index in [1.54, 1.807) is 29.6 Å². The van der Waals surface area contributed by atoms with Crippen molar-refractivity contribution >= 4 is 49.7 Å². The van der Waals surface area contributed by atoms with Crippen molar-refractivity contribution in [2.24, 2.45) is 0 Å². The molecule has 0 saturated heterocycles. The number of rotatable bonds is 4. The maximum Gasteiger partial charge on any atom is 0.296 e. The maximum atomic E-state index is 13.1. The van der Waals surface area contributed by atoms with E-state index in [-0.39, 0.29) is 5.57 Å². The zero-order chi connectivity index (χ0) is 19.3. The third-order valence-electron chi connectivity index (χ3n) is 4.50. The number of anilines is 1. The van der Waals surface area contributed by atoms with Crippen LogP contribution in [0.5, 0.6) is 0 Å². The van der Waals surface area contributed by atoms with Gasteiger partial charge >= 0.3 is 0 Å².